The van der Waals surface area contributed by atoms with Crippen molar-refractivity contribution in [2.45, 2.75) is 0 Å². The fourth-order valence-corrected chi connectivity index (χ4v) is 1.92. The van der Waals surface area contributed by atoms with Gasteiger partial charge in [-0.3, -0.25) is 14.6 Å². The molecule has 0 atom stereocenters. The minimum atomic E-state index is -1.06. The van der Waals surface area contributed by atoms with Gasteiger partial charge in [0.2, 0.25) is 0 Å². The van der Waals surface area contributed by atoms with E-state index >= 15 is 0 Å². The zero-order valence-corrected chi connectivity index (χ0v) is 8.66. The highest BCUT2D eigenvalue weighted by Crippen LogP contribution is 2.24. The van der Waals surface area contributed by atoms with E-state index in [1.807, 2.05) is 0 Å². The minimum Gasteiger partial charge on any atom is -0.477 e. The van der Waals surface area contributed by atoms with Crippen molar-refractivity contribution in [3.63, 3.8) is 0 Å². The van der Waals surface area contributed by atoms with Crippen molar-refractivity contribution in [1.29, 1.82) is 0 Å². The number of rotatable bonds is 1. The predicted molar refractivity (Wildman–Crippen MR) is 62.1 cm³/mol. The standard InChI is InChI=1S/C11H8N4O2/c12-15-9(11(16)17)3-6-4-14-8-5-13-2-1-7(8)10(6)15/h1-5H,12H2,(H,16,17). The third kappa shape index (κ3) is 1.24. The highest BCUT2D eigenvalue weighted by molar-refractivity contribution is 6.06. The Balaban J connectivity index is 2.53. The van der Waals surface area contributed by atoms with Crippen molar-refractivity contribution in [3.05, 3.63) is 36.4 Å². The van der Waals surface area contributed by atoms with Crippen LogP contribution in [-0.4, -0.2) is 25.7 Å². The zero-order valence-electron chi connectivity index (χ0n) is 8.66. The van der Waals surface area contributed by atoms with Crippen molar-refractivity contribution >= 4 is 27.8 Å². The maximum Gasteiger partial charge on any atom is 0.354 e. The molecule has 0 saturated carbocycles. The number of aromatic nitrogens is 3. The highest BCUT2D eigenvalue weighted by Gasteiger charge is 2.15. The van der Waals surface area contributed by atoms with E-state index in [-0.39, 0.29) is 5.69 Å². The van der Waals surface area contributed by atoms with Gasteiger partial charge in [0.25, 0.3) is 0 Å². The first-order chi connectivity index (χ1) is 8.18. The number of pyridine rings is 2. The van der Waals surface area contributed by atoms with Gasteiger partial charge in [0.05, 0.1) is 17.2 Å². The van der Waals surface area contributed by atoms with Crippen LogP contribution < -0.4 is 5.84 Å². The zero-order chi connectivity index (χ0) is 12.0. The summed E-state index contributed by atoms with van der Waals surface area (Å²) in [6, 6.07) is 3.27. The first-order valence-electron chi connectivity index (χ1n) is 4.91. The van der Waals surface area contributed by atoms with E-state index in [1.54, 1.807) is 24.7 Å². The van der Waals surface area contributed by atoms with E-state index < -0.39 is 5.97 Å². The maximum absolute atomic E-state index is 11.0. The van der Waals surface area contributed by atoms with Gasteiger partial charge in [-0.05, 0) is 12.1 Å². The van der Waals surface area contributed by atoms with E-state index in [9.17, 15) is 4.79 Å². The summed E-state index contributed by atoms with van der Waals surface area (Å²) in [5, 5.41) is 10.5. The normalized spacial score (nSPS) is 11.1. The van der Waals surface area contributed by atoms with Crippen molar-refractivity contribution in [1.82, 2.24) is 14.6 Å². The van der Waals surface area contributed by atoms with Crippen molar-refractivity contribution in [2.24, 2.45) is 0 Å². The summed E-state index contributed by atoms with van der Waals surface area (Å²) in [5.41, 5.74) is 1.36. The van der Waals surface area contributed by atoms with Crippen LogP contribution >= 0.6 is 0 Å². The van der Waals surface area contributed by atoms with Gasteiger partial charge in [-0.2, -0.15) is 0 Å². The summed E-state index contributed by atoms with van der Waals surface area (Å²) in [6.07, 6.45) is 4.83. The predicted octanol–water partition coefficient (Wildman–Crippen LogP) is 0.996. The molecule has 0 unspecified atom stereocenters. The van der Waals surface area contributed by atoms with Crippen molar-refractivity contribution < 1.29 is 9.90 Å². The summed E-state index contributed by atoms with van der Waals surface area (Å²) in [7, 11) is 0. The number of hydrogen-bond acceptors (Lipinski definition) is 4. The second-order valence-electron chi connectivity index (χ2n) is 3.66. The second-order valence-corrected chi connectivity index (χ2v) is 3.66. The van der Waals surface area contributed by atoms with E-state index in [0.29, 0.717) is 16.4 Å². The summed E-state index contributed by atoms with van der Waals surface area (Å²) in [5.74, 6) is 4.73. The fraction of sp³-hybridized carbons (Fsp3) is 0. The molecule has 0 saturated heterocycles. The number of hydrogen-bond donors (Lipinski definition) is 2. The highest BCUT2D eigenvalue weighted by atomic mass is 16.4. The van der Waals surface area contributed by atoms with Gasteiger partial charge in [-0.1, -0.05) is 0 Å². The molecule has 3 aromatic heterocycles. The van der Waals surface area contributed by atoms with E-state index in [2.05, 4.69) is 9.97 Å². The van der Waals surface area contributed by atoms with E-state index in [0.717, 1.165) is 5.39 Å². The molecule has 6 nitrogen and oxygen atoms in total. The molecule has 0 aliphatic rings. The Labute approximate surface area is 95.3 Å². The number of nitrogens with two attached hydrogens (primary N) is 1. The van der Waals surface area contributed by atoms with Gasteiger partial charge in [0, 0.05) is 23.2 Å². The Morgan fingerprint density at radius 2 is 2.24 bits per heavy atom. The Morgan fingerprint density at radius 3 is 3.00 bits per heavy atom. The Kier molecular flexibility index (Phi) is 1.79. The third-order valence-corrected chi connectivity index (χ3v) is 2.68. The molecule has 17 heavy (non-hydrogen) atoms. The summed E-state index contributed by atoms with van der Waals surface area (Å²) < 4.78 is 1.17. The van der Waals surface area contributed by atoms with Crippen LogP contribution in [0.2, 0.25) is 0 Å². The van der Waals surface area contributed by atoms with Crippen LogP contribution in [0, 0.1) is 0 Å². The summed E-state index contributed by atoms with van der Waals surface area (Å²) in [4.78, 5) is 19.2. The molecule has 0 spiro atoms. The number of nitrogens with zero attached hydrogens (tertiary/aromatic N) is 3. The Morgan fingerprint density at radius 1 is 1.41 bits per heavy atom. The first kappa shape index (κ1) is 9.59. The molecule has 0 bridgehead atoms. The molecule has 84 valence electrons. The number of carbonyl (C=O) groups is 1. The first-order valence-corrected chi connectivity index (χ1v) is 4.91. The number of carboxylic acids is 1. The number of aromatic carboxylic acids is 1. The lowest BCUT2D eigenvalue weighted by Crippen LogP contribution is -2.15. The molecule has 3 N–H and O–H groups in total. The minimum absolute atomic E-state index is 0.0334. The van der Waals surface area contributed by atoms with Crippen molar-refractivity contribution in [3.8, 4) is 0 Å². The average molecular weight is 228 g/mol. The lowest BCUT2D eigenvalue weighted by atomic mass is 10.2. The smallest absolute Gasteiger partial charge is 0.354 e. The fourth-order valence-electron chi connectivity index (χ4n) is 1.92. The molecular weight excluding hydrogens is 220 g/mol. The largest absolute Gasteiger partial charge is 0.477 e. The molecule has 0 fully saturated rings. The third-order valence-electron chi connectivity index (χ3n) is 2.68. The molecule has 3 aromatic rings. The molecule has 0 aromatic carbocycles. The van der Waals surface area contributed by atoms with E-state index in [1.165, 1.54) is 10.7 Å². The monoisotopic (exact) mass is 228 g/mol. The van der Waals surface area contributed by atoms with Gasteiger partial charge in [0.1, 0.15) is 5.69 Å². The van der Waals surface area contributed by atoms with Crippen LogP contribution in [-0.2, 0) is 0 Å². The number of carboxylic acid groups (broad SMARTS) is 1. The molecule has 0 aliphatic heterocycles. The van der Waals surface area contributed by atoms with Gasteiger partial charge >= 0.3 is 5.97 Å². The van der Waals surface area contributed by atoms with Crippen LogP contribution in [0.5, 0.6) is 0 Å². The molecule has 0 radical (unpaired) electrons. The maximum atomic E-state index is 11.0. The second kappa shape index (κ2) is 3.18. The van der Waals surface area contributed by atoms with Crippen LogP contribution in [0.1, 0.15) is 10.5 Å². The molecule has 0 amide bonds. The van der Waals surface area contributed by atoms with E-state index in [4.69, 9.17) is 10.9 Å². The Hall–Kier alpha value is -2.63. The number of nitrogen functional groups attached to an aromatic ring is 1. The molecule has 6 heteroatoms. The lowest BCUT2D eigenvalue weighted by molar-refractivity contribution is 0.0688. The van der Waals surface area contributed by atoms with Gasteiger partial charge in [0.15, 0.2) is 0 Å². The summed E-state index contributed by atoms with van der Waals surface area (Å²) in [6.45, 7) is 0. The van der Waals surface area contributed by atoms with Gasteiger partial charge in [-0.25, -0.2) is 4.79 Å². The summed E-state index contributed by atoms with van der Waals surface area (Å²) >= 11 is 0. The topological polar surface area (TPSA) is 94.0 Å². The molecular formula is C11H8N4O2. The molecule has 3 heterocycles. The van der Waals surface area contributed by atoms with Gasteiger partial charge in [-0.15, -0.1) is 0 Å². The van der Waals surface area contributed by atoms with Crippen LogP contribution in [0.4, 0.5) is 0 Å². The van der Waals surface area contributed by atoms with Crippen molar-refractivity contribution in [2.75, 3.05) is 5.84 Å². The van der Waals surface area contributed by atoms with Gasteiger partial charge < -0.3 is 10.9 Å². The van der Waals surface area contributed by atoms with Crippen LogP contribution in [0.25, 0.3) is 21.8 Å². The lowest BCUT2D eigenvalue weighted by Gasteiger charge is -2.02. The number of fused-ring (bicyclic) bond motifs is 3. The van der Waals surface area contributed by atoms with Crippen LogP contribution in [0.3, 0.4) is 0 Å². The van der Waals surface area contributed by atoms with Crippen LogP contribution in [0.15, 0.2) is 30.7 Å². The molecule has 0 aliphatic carbocycles. The SMILES string of the molecule is Nn1c(C(=O)O)cc2cnc3cnccc3c21. The Bertz CT molecular complexity index is 748. The molecule has 3 rings (SSSR count). The average Bonchev–Trinajstić information content (AvgIpc) is 2.67. The quantitative estimate of drug-likeness (QED) is 0.606.